The van der Waals surface area contributed by atoms with E-state index in [4.69, 9.17) is 0 Å². The molecule has 1 atom stereocenters. The molecule has 15 heteroatoms. The third-order valence-corrected chi connectivity index (χ3v) is 7.37. The molecule has 0 N–H and O–H groups in total. The highest BCUT2D eigenvalue weighted by atomic mass is 19.4. The molecule has 3 aromatic rings. The maximum absolute atomic E-state index is 13.9. The first kappa shape index (κ1) is 32.6. The van der Waals surface area contributed by atoms with Crippen molar-refractivity contribution in [2.24, 2.45) is 13.0 Å². The molecule has 43 heavy (non-hydrogen) atoms. The van der Waals surface area contributed by atoms with E-state index < -0.39 is 41.8 Å². The molecular formula is C28H31F9N6. The van der Waals surface area contributed by atoms with Crippen LogP contribution in [-0.2, 0) is 38.7 Å². The number of nitrogens with zero attached hydrogens (tertiary/aromatic N) is 6. The van der Waals surface area contributed by atoms with Gasteiger partial charge in [0.25, 0.3) is 5.95 Å². The third kappa shape index (κ3) is 7.98. The van der Waals surface area contributed by atoms with Crippen LogP contribution in [0, 0.1) is 5.92 Å². The van der Waals surface area contributed by atoms with Crippen molar-refractivity contribution in [2.75, 3.05) is 18.0 Å². The molecule has 0 saturated carbocycles. The Morgan fingerprint density at radius 1 is 0.767 bits per heavy atom. The van der Waals surface area contributed by atoms with Gasteiger partial charge in [0.2, 0.25) is 0 Å². The molecule has 236 valence electrons. The van der Waals surface area contributed by atoms with Crippen molar-refractivity contribution in [3.8, 4) is 0 Å². The van der Waals surface area contributed by atoms with E-state index in [1.807, 2.05) is 13.8 Å². The number of alkyl halides is 9. The monoisotopic (exact) mass is 622 g/mol. The number of halogens is 9. The predicted octanol–water partition coefficient (Wildman–Crippen LogP) is 7.66. The lowest BCUT2D eigenvalue weighted by molar-refractivity contribution is -0.143. The Labute approximate surface area is 242 Å². The lowest BCUT2D eigenvalue weighted by atomic mass is 9.88. The van der Waals surface area contributed by atoms with Crippen LogP contribution < -0.4 is 4.90 Å². The van der Waals surface area contributed by atoms with E-state index in [-0.39, 0.29) is 41.6 Å². The topological polar surface area (TPSA) is 50.1 Å². The van der Waals surface area contributed by atoms with Crippen LogP contribution in [0.3, 0.4) is 0 Å². The van der Waals surface area contributed by atoms with Gasteiger partial charge in [0.15, 0.2) is 0 Å². The Kier molecular flexibility index (Phi) is 9.33. The molecule has 0 amide bonds. The largest absolute Gasteiger partial charge is 0.416 e. The maximum Gasteiger partial charge on any atom is 0.416 e. The fourth-order valence-corrected chi connectivity index (χ4v) is 5.52. The average molecular weight is 623 g/mol. The van der Waals surface area contributed by atoms with E-state index in [9.17, 15) is 39.5 Å². The van der Waals surface area contributed by atoms with E-state index >= 15 is 0 Å². The number of aromatic nitrogens is 4. The summed E-state index contributed by atoms with van der Waals surface area (Å²) in [6.07, 6.45) is -12.0. The second kappa shape index (κ2) is 12.3. The minimum atomic E-state index is -5.07. The highest BCUT2D eigenvalue weighted by Gasteiger charge is 2.38. The van der Waals surface area contributed by atoms with Crippen LogP contribution in [0.2, 0.25) is 0 Å². The SMILES string of the molecule is CC(C)C(c1ccc(C(F)(F)F)cc1CN(Cc1cc(C(F)(F)F)cc(C(F)(F)F)c1)c1nnn(C)n1)N1CCCCC1. The van der Waals surface area contributed by atoms with E-state index in [1.54, 1.807) is 0 Å². The summed E-state index contributed by atoms with van der Waals surface area (Å²) in [7, 11) is 1.40. The molecule has 2 heterocycles. The van der Waals surface area contributed by atoms with Crippen LogP contribution in [0.4, 0.5) is 45.5 Å². The Morgan fingerprint density at radius 3 is 1.84 bits per heavy atom. The number of likely N-dealkylation sites (tertiary alicyclic amines) is 1. The van der Waals surface area contributed by atoms with Gasteiger partial charge in [0.05, 0.1) is 23.7 Å². The van der Waals surface area contributed by atoms with Gasteiger partial charge < -0.3 is 4.90 Å². The molecule has 1 aliphatic heterocycles. The Hall–Kier alpha value is -3.36. The first-order valence-electron chi connectivity index (χ1n) is 13.6. The average Bonchev–Trinajstić information content (AvgIpc) is 3.34. The number of tetrazole rings is 1. The fourth-order valence-electron chi connectivity index (χ4n) is 5.52. The summed E-state index contributed by atoms with van der Waals surface area (Å²) < 4.78 is 123. The highest BCUT2D eigenvalue weighted by molar-refractivity contribution is 5.42. The Balaban J connectivity index is 1.83. The summed E-state index contributed by atoms with van der Waals surface area (Å²) in [6, 6.07) is 4.28. The molecule has 2 aromatic carbocycles. The van der Waals surface area contributed by atoms with Crippen molar-refractivity contribution < 1.29 is 39.5 Å². The van der Waals surface area contributed by atoms with Gasteiger partial charge in [-0.05, 0) is 84.1 Å². The van der Waals surface area contributed by atoms with Crippen molar-refractivity contribution in [1.29, 1.82) is 0 Å². The van der Waals surface area contributed by atoms with E-state index in [1.165, 1.54) is 18.0 Å². The van der Waals surface area contributed by atoms with Gasteiger partial charge >= 0.3 is 18.5 Å². The zero-order valence-corrected chi connectivity index (χ0v) is 23.7. The summed E-state index contributed by atoms with van der Waals surface area (Å²) in [4.78, 5) is 4.47. The van der Waals surface area contributed by atoms with Gasteiger partial charge in [-0.3, -0.25) is 4.90 Å². The smallest absolute Gasteiger partial charge is 0.330 e. The molecule has 4 rings (SSSR count). The number of hydrogen-bond acceptors (Lipinski definition) is 5. The lowest BCUT2D eigenvalue weighted by Crippen LogP contribution is -2.37. The summed E-state index contributed by atoms with van der Waals surface area (Å²) in [5.41, 5.74) is -3.53. The second-order valence-corrected chi connectivity index (χ2v) is 11.0. The van der Waals surface area contributed by atoms with Gasteiger partial charge in [-0.1, -0.05) is 31.4 Å². The van der Waals surface area contributed by atoms with Crippen LogP contribution in [-0.4, -0.2) is 38.2 Å². The molecule has 0 radical (unpaired) electrons. The number of benzene rings is 2. The van der Waals surface area contributed by atoms with Gasteiger partial charge in [-0.15, -0.1) is 5.10 Å². The van der Waals surface area contributed by atoms with Crippen LogP contribution >= 0.6 is 0 Å². The number of hydrogen-bond donors (Lipinski definition) is 0. The van der Waals surface area contributed by atoms with Crippen LogP contribution in [0.15, 0.2) is 36.4 Å². The predicted molar refractivity (Wildman–Crippen MR) is 140 cm³/mol. The minimum Gasteiger partial charge on any atom is -0.330 e. The lowest BCUT2D eigenvalue weighted by Gasteiger charge is -2.39. The minimum absolute atomic E-state index is 0.0190. The van der Waals surface area contributed by atoms with E-state index in [2.05, 4.69) is 20.3 Å². The molecule has 1 unspecified atom stereocenters. The summed E-state index contributed by atoms with van der Waals surface area (Å²) in [5, 5.41) is 11.6. The molecule has 1 aliphatic rings. The van der Waals surface area contributed by atoms with Gasteiger partial charge in [-0.2, -0.15) is 44.3 Å². The summed E-state index contributed by atoms with van der Waals surface area (Å²) in [6.45, 7) is 4.48. The van der Waals surface area contributed by atoms with E-state index in [0.717, 1.165) is 49.3 Å². The quantitative estimate of drug-likeness (QED) is 0.242. The van der Waals surface area contributed by atoms with Crippen LogP contribution in [0.1, 0.15) is 72.5 Å². The second-order valence-electron chi connectivity index (χ2n) is 11.0. The normalized spacial score (nSPS) is 16.1. The number of anilines is 1. The third-order valence-electron chi connectivity index (χ3n) is 7.37. The van der Waals surface area contributed by atoms with Gasteiger partial charge in [0.1, 0.15) is 0 Å². The van der Waals surface area contributed by atoms with Gasteiger partial charge in [0, 0.05) is 19.1 Å². The molecule has 1 aromatic heterocycles. The maximum atomic E-state index is 13.9. The number of piperidine rings is 1. The fraction of sp³-hybridized carbons (Fsp3) is 0.536. The number of aryl methyl sites for hydroxylation is 1. The zero-order chi connectivity index (χ0) is 31.7. The van der Waals surface area contributed by atoms with Crippen LogP contribution in [0.25, 0.3) is 0 Å². The van der Waals surface area contributed by atoms with E-state index in [0.29, 0.717) is 17.7 Å². The van der Waals surface area contributed by atoms with Crippen molar-refractivity contribution >= 4 is 5.95 Å². The van der Waals surface area contributed by atoms with Crippen molar-refractivity contribution in [3.05, 3.63) is 69.8 Å². The van der Waals surface area contributed by atoms with Crippen molar-refractivity contribution in [2.45, 2.75) is 70.8 Å². The Morgan fingerprint density at radius 2 is 1.35 bits per heavy atom. The Bertz CT molecular complexity index is 1360. The molecule has 0 aliphatic carbocycles. The first-order valence-corrected chi connectivity index (χ1v) is 13.6. The van der Waals surface area contributed by atoms with Crippen LogP contribution in [0.5, 0.6) is 0 Å². The summed E-state index contributed by atoms with van der Waals surface area (Å²) >= 11 is 0. The van der Waals surface area contributed by atoms with Crippen molar-refractivity contribution in [1.82, 2.24) is 25.1 Å². The molecule has 1 saturated heterocycles. The molecule has 1 fully saturated rings. The zero-order valence-electron chi connectivity index (χ0n) is 23.7. The standard InChI is InChI=1S/C28H31F9N6/c1-17(2)24(42-9-5-4-6-10-42)23-8-7-20(26(29,30)31)13-19(23)16-43(25-38-40-41(3)39-25)15-18-11-21(27(32,33)34)14-22(12-18)28(35,36)37/h7-8,11-14,17,24H,4-6,9-10,15-16H2,1-3H3. The molecule has 6 nitrogen and oxygen atoms in total. The molecule has 0 bridgehead atoms. The van der Waals surface area contributed by atoms with Gasteiger partial charge in [-0.25, -0.2) is 0 Å². The molecular weight excluding hydrogens is 591 g/mol. The molecule has 0 spiro atoms. The highest BCUT2D eigenvalue weighted by Crippen LogP contribution is 2.39. The number of rotatable bonds is 8. The first-order chi connectivity index (χ1) is 19.9. The summed E-state index contributed by atoms with van der Waals surface area (Å²) in [5.74, 6) is -0.189. The van der Waals surface area contributed by atoms with Crippen molar-refractivity contribution in [3.63, 3.8) is 0 Å².